The van der Waals surface area contributed by atoms with Crippen molar-refractivity contribution in [1.29, 1.82) is 0 Å². The summed E-state index contributed by atoms with van der Waals surface area (Å²) in [6, 6.07) is 23.7. The summed E-state index contributed by atoms with van der Waals surface area (Å²) in [5, 5.41) is 4.85. The largest absolute Gasteiger partial charge is 0.480 e. The molecule has 0 unspecified atom stereocenters. The minimum atomic E-state index is -1.55. The van der Waals surface area contributed by atoms with Gasteiger partial charge < -0.3 is 15.0 Å². The molecule has 194 valence electrons. The third-order valence-electron chi connectivity index (χ3n) is 7.60. The fraction of sp³-hybridized carbons (Fsp3) is 0.276. The Bertz CT molecular complexity index is 1340. The molecule has 0 radical (unpaired) electrons. The number of nitrogens with zero attached hydrogens (tertiary/aromatic N) is 2. The highest BCUT2D eigenvalue weighted by Crippen LogP contribution is 2.42. The van der Waals surface area contributed by atoms with E-state index in [0.29, 0.717) is 26.2 Å². The van der Waals surface area contributed by atoms with Gasteiger partial charge in [-0.2, -0.15) is 0 Å². The number of benzene rings is 3. The molecule has 0 bridgehead atoms. The minimum absolute atomic E-state index is 0.0584. The predicted octanol–water partition coefficient (Wildman–Crippen LogP) is 2.95. The van der Waals surface area contributed by atoms with E-state index in [4.69, 9.17) is 4.74 Å². The van der Waals surface area contributed by atoms with Crippen LogP contribution < -0.4 is 15.4 Å². The third kappa shape index (κ3) is 4.18. The van der Waals surface area contributed by atoms with E-state index >= 15 is 0 Å². The van der Waals surface area contributed by atoms with E-state index < -0.39 is 29.4 Å². The Morgan fingerprint density at radius 2 is 1.55 bits per heavy atom. The molecule has 3 aliphatic rings. The Morgan fingerprint density at radius 1 is 0.921 bits per heavy atom. The summed E-state index contributed by atoms with van der Waals surface area (Å²) in [5.41, 5.74) is 1.02. The number of rotatable bonds is 4. The molecule has 3 heterocycles. The van der Waals surface area contributed by atoms with E-state index in [0.717, 1.165) is 0 Å². The lowest BCUT2D eigenvalue weighted by Crippen LogP contribution is -2.57. The normalized spacial score (nSPS) is 23.1. The van der Waals surface area contributed by atoms with Crippen LogP contribution in [0.2, 0.25) is 0 Å². The molecule has 2 fully saturated rings. The first-order valence-corrected chi connectivity index (χ1v) is 12.7. The maximum absolute atomic E-state index is 14.1. The highest BCUT2D eigenvalue weighted by molar-refractivity contribution is 6.08. The van der Waals surface area contributed by atoms with Crippen LogP contribution in [0.25, 0.3) is 0 Å². The van der Waals surface area contributed by atoms with Crippen molar-refractivity contribution in [1.82, 2.24) is 20.4 Å². The number of nitrogens with one attached hydrogen (secondary N) is 2. The summed E-state index contributed by atoms with van der Waals surface area (Å²) in [6.45, 7) is 2.27. The first kappa shape index (κ1) is 24.1. The zero-order valence-electron chi connectivity index (χ0n) is 20.6. The van der Waals surface area contributed by atoms with Gasteiger partial charge in [0, 0.05) is 38.2 Å². The van der Waals surface area contributed by atoms with Crippen molar-refractivity contribution in [3.63, 3.8) is 0 Å². The lowest BCUT2D eigenvalue weighted by Gasteiger charge is -2.42. The Balaban J connectivity index is 1.21. The standard InChI is InChI=1S/C29H27FN4O4/c30-21-11-12-23-22(17-21)29(27(36)31-28(37)32-29)18-24(38-23)26(35)34-15-13-33(14-16-34)25(19-7-3-1-4-8-19)20-9-5-2-6-10-20/h1-12,17,24-25H,13-16,18H2,(H2,31,32,36,37)/t24-,29-/m1/s1. The predicted molar refractivity (Wildman–Crippen MR) is 137 cm³/mol. The molecule has 1 spiro atoms. The van der Waals surface area contributed by atoms with Crippen LogP contribution in [-0.4, -0.2) is 59.9 Å². The summed E-state index contributed by atoms with van der Waals surface area (Å²) in [6.07, 6.45) is -1.11. The summed E-state index contributed by atoms with van der Waals surface area (Å²) in [5.74, 6) is -1.23. The highest BCUT2D eigenvalue weighted by Gasteiger charge is 2.55. The molecule has 3 aromatic carbocycles. The monoisotopic (exact) mass is 514 g/mol. The molecule has 3 aliphatic heterocycles. The molecular formula is C29H27FN4O4. The topological polar surface area (TPSA) is 91.0 Å². The summed E-state index contributed by atoms with van der Waals surface area (Å²) in [7, 11) is 0. The number of imide groups is 1. The van der Waals surface area contributed by atoms with E-state index in [1.54, 1.807) is 4.90 Å². The first-order chi connectivity index (χ1) is 18.4. The van der Waals surface area contributed by atoms with Gasteiger partial charge in [-0.15, -0.1) is 0 Å². The fourth-order valence-corrected chi connectivity index (χ4v) is 5.77. The molecule has 4 amide bonds. The number of halogens is 1. The second-order valence-electron chi connectivity index (χ2n) is 9.85. The van der Waals surface area contributed by atoms with Crippen molar-refractivity contribution >= 4 is 17.8 Å². The molecule has 2 atom stereocenters. The van der Waals surface area contributed by atoms with E-state index in [1.165, 1.54) is 29.3 Å². The van der Waals surface area contributed by atoms with Gasteiger partial charge in [-0.3, -0.25) is 19.8 Å². The molecule has 0 saturated carbocycles. The van der Waals surface area contributed by atoms with Gasteiger partial charge in [0.2, 0.25) is 0 Å². The van der Waals surface area contributed by atoms with Crippen molar-refractivity contribution in [2.45, 2.75) is 24.1 Å². The molecule has 8 nitrogen and oxygen atoms in total. The molecule has 2 N–H and O–H groups in total. The van der Waals surface area contributed by atoms with Crippen molar-refractivity contribution in [3.05, 3.63) is 101 Å². The van der Waals surface area contributed by atoms with Crippen LogP contribution in [0, 0.1) is 5.82 Å². The number of amides is 4. The zero-order valence-corrected chi connectivity index (χ0v) is 20.6. The van der Waals surface area contributed by atoms with Crippen LogP contribution in [0.5, 0.6) is 5.75 Å². The first-order valence-electron chi connectivity index (χ1n) is 12.7. The van der Waals surface area contributed by atoms with Gasteiger partial charge in [0.05, 0.1) is 6.04 Å². The zero-order chi connectivity index (χ0) is 26.3. The Kier molecular flexibility index (Phi) is 6.07. The van der Waals surface area contributed by atoms with Crippen LogP contribution in [0.1, 0.15) is 29.2 Å². The second kappa shape index (κ2) is 9.57. The molecule has 9 heteroatoms. The van der Waals surface area contributed by atoms with Gasteiger partial charge >= 0.3 is 6.03 Å². The molecular weight excluding hydrogens is 487 g/mol. The number of urea groups is 1. The Hall–Kier alpha value is -4.24. The number of carbonyl (C=O) groups is 3. The number of hydrogen-bond acceptors (Lipinski definition) is 5. The SMILES string of the molecule is O=C1NC(=O)[C@]2(C[C@H](C(=O)N3CCN(C(c4ccccc4)c4ccccc4)CC3)Oc3ccc(F)cc32)N1. The van der Waals surface area contributed by atoms with Gasteiger partial charge in [0.1, 0.15) is 11.6 Å². The van der Waals surface area contributed by atoms with Crippen LogP contribution in [-0.2, 0) is 15.1 Å². The molecule has 0 aliphatic carbocycles. The summed E-state index contributed by atoms with van der Waals surface area (Å²) >= 11 is 0. The minimum Gasteiger partial charge on any atom is -0.480 e. The van der Waals surface area contributed by atoms with Crippen LogP contribution in [0.4, 0.5) is 9.18 Å². The van der Waals surface area contributed by atoms with Gasteiger partial charge in [-0.1, -0.05) is 60.7 Å². The Labute approximate surface area is 219 Å². The molecule has 6 rings (SSSR count). The Morgan fingerprint density at radius 3 is 2.13 bits per heavy atom. The lowest BCUT2D eigenvalue weighted by atomic mass is 9.81. The van der Waals surface area contributed by atoms with Gasteiger partial charge in [0.15, 0.2) is 11.6 Å². The maximum Gasteiger partial charge on any atom is 0.322 e. The van der Waals surface area contributed by atoms with Gasteiger partial charge in [0.25, 0.3) is 11.8 Å². The maximum atomic E-state index is 14.1. The number of fused-ring (bicyclic) bond motifs is 2. The average Bonchev–Trinajstić information content (AvgIpc) is 3.22. The van der Waals surface area contributed by atoms with Crippen molar-refractivity contribution in [2.75, 3.05) is 26.2 Å². The van der Waals surface area contributed by atoms with Gasteiger partial charge in [-0.05, 0) is 29.3 Å². The molecule has 3 aromatic rings. The third-order valence-corrected chi connectivity index (χ3v) is 7.60. The van der Waals surface area contributed by atoms with Crippen LogP contribution in [0.15, 0.2) is 78.9 Å². The number of hydrogen-bond donors (Lipinski definition) is 2. The second-order valence-corrected chi connectivity index (χ2v) is 9.85. The lowest BCUT2D eigenvalue weighted by molar-refractivity contribution is -0.143. The molecule has 38 heavy (non-hydrogen) atoms. The fourth-order valence-electron chi connectivity index (χ4n) is 5.77. The molecule has 2 saturated heterocycles. The van der Waals surface area contributed by atoms with Crippen molar-refractivity contribution in [2.24, 2.45) is 0 Å². The van der Waals surface area contributed by atoms with E-state index in [1.807, 2.05) is 36.4 Å². The average molecular weight is 515 g/mol. The van der Waals surface area contributed by atoms with Crippen LogP contribution >= 0.6 is 0 Å². The van der Waals surface area contributed by atoms with E-state index in [9.17, 15) is 18.8 Å². The summed E-state index contributed by atoms with van der Waals surface area (Å²) in [4.78, 5) is 42.7. The van der Waals surface area contributed by atoms with Crippen LogP contribution in [0.3, 0.4) is 0 Å². The van der Waals surface area contributed by atoms with Crippen molar-refractivity contribution in [3.8, 4) is 5.75 Å². The number of ether oxygens (including phenoxy) is 1. The smallest absolute Gasteiger partial charge is 0.322 e. The van der Waals surface area contributed by atoms with Crippen molar-refractivity contribution < 1.29 is 23.5 Å². The van der Waals surface area contributed by atoms with Gasteiger partial charge in [-0.25, -0.2) is 9.18 Å². The quantitative estimate of drug-likeness (QED) is 0.523. The highest BCUT2D eigenvalue weighted by atomic mass is 19.1. The van der Waals surface area contributed by atoms with E-state index in [-0.39, 0.29) is 29.7 Å². The summed E-state index contributed by atoms with van der Waals surface area (Å²) < 4.78 is 20.1. The number of carbonyl (C=O) groups excluding carboxylic acids is 3. The molecule has 0 aromatic heterocycles. The van der Waals surface area contributed by atoms with E-state index in [2.05, 4.69) is 39.8 Å². The number of piperazine rings is 1.